The first-order valence-electron chi connectivity index (χ1n) is 7.62. The maximum absolute atomic E-state index is 12.5. The lowest BCUT2D eigenvalue weighted by molar-refractivity contribution is -0.129. The molecule has 1 heteroatoms. The van der Waals surface area contributed by atoms with E-state index in [2.05, 4.69) is 13.8 Å². The number of hydrogen-bond acceptors (Lipinski definition) is 1. The van der Waals surface area contributed by atoms with Crippen LogP contribution in [-0.2, 0) is 4.79 Å². The van der Waals surface area contributed by atoms with Crippen molar-refractivity contribution in [2.45, 2.75) is 78.1 Å². The highest BCUT2D eigenvalue weighted by Crippen LogP contribution is 2.42. The number of ketones is 1. The van der Waals surface area contributed by atoms with Gasteiger partial charge in [0.1, 0.15) is 5.78 Å². The molecule has 0 N–H and O–H groups in total. The standard InChI is InChI=1S/C16H28O/c1-16(2)11-7-6-10-14(16)15(17)12-13-8-4-3-5-9-13/h13-14H,3-12H2,1-2H3. The van der Waals surface area contributed by atoms with Crippen LogP contribution in [0.3, 0.4) is 0 Å². The summed E-state index contributed by atoms with van der Waals surface area (Å²) in [5.41, 5.74) is 0.268. The van der Waals surface area contributed by atoms with E-state index in [1.54, 1.807) is 0 Å². The van der Waals surface area contributed by atoms with Crippen molar-refractivity contribution in [3.63, 3.8) is 0 Å². The molecule has 1 unspecified atom stereocenters. The van der Waals surface area contributed by atoms with Gasteiger partial charge in [0.2, 0.25) is 0 Å². The average Bonchev–Trinajstić information content (AvgIpc) is 2.29. The Morgan fingerprint density at radius 2 is 1.65 bits per heavy atom. The van der Waals surface area contributed by atoms with Crippen molar-refractivity contribution >= 4 is 5.78 Å². The molecule has 0 spiro atoms. The first-order chi connectivity index (χ1) is 8.09. The summed E-state index contributed by atoms with van der Waals surface area (Å²) < 4.78 is 0. The van der Waals surface area contributed by atoms with Crippen LogP contribution in [-0.4, -0.2) is 5.78 Å². The molecular weight excluding hydrogens is 208 g/mol. The van der Waals surface area contributed by atoms with Gasteiger partial charge in [-0.05, 0) is 24.2 Å². The van der Waals surface area contributed by atoms with E-state index in [-0.39, 0.29) is 5.41 Å². The van der Waals surface area contributed by atoms with Gasteiger partial charge in [-0.3, -0.25) is 4.79 Å². The molecule has 17 heavy (non-hydrogen) atoms. The van der Waals surface area contributed by atoms with Gasteiger partial charge in [-0.25, -0.2) is 0 Å². The predicted octanol–water partition coefficient (Wildman–Crippen LogP) is 4.74. The van der Waals surface area contributed by atoms with Gasteiger partial charge < -0.3 is 0 Å². The Morgan fingerprint density at radius 1 is 1.00 bits per heavy atom. The lowest BCUT2D eigenvalue weighted by Crippen LogP contribution is -2.35. The number of hydrogen-bond donors (Lipinski definition) is 0. The quantitative estimate of drug-likeness (QED) is 0.691. The van der Waals surface area contributed by atoms with Crippen LogP contribution >= 0.6 is 0 Å². The zero-order valence-corrected chi connectivity index (χ0v) is 11.6. The summed E-state index contributed by atoms with van der Waals surface area (Å²) in [6.07, 6.45) is 12.6. The molecule has 98 valence electrons. The molecule has 0 saturated heterocycles. The third-order valence-electron chi connectivity index (χ3n) is 5.11. The second-order valence-electron chi connectivity index (χ2n) is 6.96. The minimum Gasteiger partial charge on any atom is -0.299 e. The molecular formula is C16H28O. The topological polar surface area (TPSA) is 17.1 Å². The highest BCUT2D eigenvalue weighted by Gasteiger charge is 2.37. The molecule has 0 heterocycles. The number of rotatable bonds is 3. The fourth-order valence-electron chi connectivity index (χ4n) is 3.91. The van der Waals surface area contributed by atoms with Crippen molar-refractivity contribution in [3.8, 4) is 0 Å². The van der Waals surface area contributed by atoms with Crippen LogP contribution in [0.15, 0.2) is 0 Å². The minimum absolute atomic E-state index is 0.268. The second-order valence-corrected chi connectivity index (χ2v) is 6.96. The van der Waals surface area contributed by atoms with E-state index in [1.165, 1.54) is 51.4 Å². The molecule has 0 amide bonds. The molecule has 0 bridgehead atoms. The van der Waals surface area contributed by atoms with Gasteiger partial charge in [0.05, 0.1) is 0 Å². The number of carbonyl (C=O) groups is 1. The Morgan fingerprint density at radius 3 is 2.29 bits per heavy atom. The molecule has 2 aliphatic rings. The number of carbonyl (C=O) groups excluding carboxylic acids is 1. The zero-order valence-electron chi connectivity index (χ0n) is 11.6. The summed E-state index contributed by atoms with van der Waals surface area (Å²) in [6.45, 7) is 4.60. The fraction of sp³-hybridized carbons (Fsp3) is 0.938. The van der Waals surface area contributed by atoms with Crippen molar-refractivity contribution in [2.75, 3.05) is 0 Å². The maximum Gasteiger partial charge on any atom is 0.136 e. The van der Waals surface area contributed by atoms with Crippen LogP contribution in [0.4, 0.5) is 0 Å². The Balaban J connectivity index is 1.89. The molecule has 0 aromatic heterocycles. The van der Waals surface area contributed by atoms with Gasteiger partial charge in [-0.2, -0.15) is 0 Å². The van der Waals surface area contributed by atoms with Crippen LogP contribution in [0.1, 0.15) is 78.1 Å². The van der Waals surface area contributed by atoms with E-state index in [1.807, 2.05) is 0 Å². The molecule has 1 atom stereocenters. The molecule has 2 fully saturated rings. The third kappa shape index (κ3) is 3.33. The molecule has 0 aliphatic heterocycles. The highest BCUT2D eigenvalue weighted by molar-refractivity contribution is 5.82. The van der Waals surface area contributed by atoms with Crippen LogP contribution in [0.25, 0.3) is 0 Å². The van der Waals surface area contributed by atoms with E-state index in [4.69, 9.17) is 0 Å². The SMILES string of the molecule is CC1(C)CCCCC1C(=O)CC1CCCCC1. The summed E-state index contributed by atoms with van der Waals surface area (Å²) in [4.78, 5) is 12.5. The van der Waals surface area contributed by atoms with Gasteiger partial charge in [0.15, 0.2) is 0 Å². The van der Waals surface area contributed by atoms with Gasteiger partial charge in [-0.15, -0.1) is 0 Å². The van der Waals surface area contributed by atoms with Crippen LogP contribution < -0.4 is 0 Å². The summed E-state index contributed by atoms with van der Waals surface area (Å²) in [6, 6.07) is 0. The summed E-state index contributed by atoms with van der Waals surface area (Å²) in [7, 11) is 0. The summed E-state index contributed by atoms with van der Waals surface area (Å²) >= 11 is 0. The van der Waals surface area contributed by atoms with Gasteiger partial charge >= 0.3 is 0 Å². The maximum atomic E-state index is 12.5. The molecule has 2 rings (SSSR count). The lowest BCUT2D eigenvalue weighted by atomic mass is 9.66. The molecule has 2 saturated carbocycles. The van der Waals surface area contributed by atoms with Gasteiger partial charge in [0.25, 0.3) is 0 Å². The Hall–Kier alpha value is -0.330. The van der Waals surface area contributed by atoms with Crippen LogP contribution in [0.2, 0.25) is 0 Å². The molecule has 0 radical (unpaired) electrons. The van der Waals surface area contributed by atoms with Crippen molar-refractivity contribution in [1.82, 2.24) is 0 Å². The number of Topliss-reactive ketones (excluding diaryl/α,β-unsaturated/α-hetero) is 1. The average molecular weight is 236 g/mol. The second kappa shape index (κ2) is 5.54. The van der Waals surface area contributed by atoms with E-state index in [0.29, 0.717) is 17.6 Å². The lowest BCUT2D eigenvalue weighted by Gasteiger charge is -2.38. The monoisotopic (exact) mass is 236 g/mol. The smallest absolute Gasteiger partial charge is 0.136 e. The van der Waals surface area contributed by atoms with Crippen LogP contribution in [0.5, 0.6) is 0 Å². The molecule has 2 aliphatic carbocycles. The van der Waals surface area contributed by atoms with Gasteiger partial charge in [-0.1, -0.05) is 58.8 Å². The van der Waals surface area contributed by atoms with E-state index in [9.17, 15) is 4.79 Å². The largest absolute Gasteiger partial charge is 0.299 e. The van der Waals surface area contributed by atoms with E-state index in [0.717, 1.165) is 12.8 Å². The van der Waals surface area contributed by atoms with Crippen molar-refractivity contribution in [1.29, 1.82) is 0 Å². The zero-order chi connectivity index (χ0) is 12.3. The van der Waals surface area contributed by atoms with Crippen molar-refractivity contribution in [3.05, 3.63) is 0 Å². The summed E-state index contributed by atoms with van der Waals surface area (Å²) in [5, 5.41) is 0. The van der Waals surface area contributed by atoms with E-state index < -0.39 is 0 Å². The van der Waals surface area contributed by atoms with Crippen molar-refractivity contribution < 1.29 is 4.79 Å². The molecule has 0 aromatic carbocycles. The fourth-order valence-corrected chi connectivity index (χ4v) is 3.91. The van der Waals surface area contributed by atoms with Gasteiger partial charge in [0, 0.05) is 12.3 Å². The Labute approximate surface area is 106 Å². The summed E-state index contributed by atoms with van der Waals surface area (Å²) in [5.74, 6) is 1.66. The minimum atomic E-state index is 0.268. The normalized spacial score (nSPS) is 30.1. The molecule has 0 aromatic rings. The molecule has 1 nitrogen and oxygen atoms in total. The predicted molar refractivity (Wildman–Crippen MR) is 71.9 cm³/mol. The Kier molecular flexibility index (Phi) is 4.27. The highest BCUT2D eigenvalue weighted by atomic mass is 16.1. The Bertz CT molecular complexity index is 261. The van der Waals surface area contributed by atoms with E-state index >= 15 is 0 Å². The first-order valence-corrected chi connectivity index (χ1v) is 7.62. The van der Waals surface area contributed by atoms with Crippen molar-refractivity contribution in [2.24, 2.45) is 17.3 Å². The first kappa shape index (κ1) is 13.1. The van der Waals surface area contributed by atoms with Crippen LogP contribution in [0, 0.1) is 17.3 Å². The third-order valence-corrected chi connectivity index (χ3v) is 5.11.